The summed E-state index contributed by atoms with van der Waals surface area (Å²) in [6, 6.07) is 16.2. The molecule has 0 aliphatic carbocycles. The van der Waals surface area contributed by atoms with Crippen LogP contribution in [0.3, 0.4) is 0 Å². The van der Waals surface area contributed by atoms with Gasteiger partial charge in [-0.05, 0) is 41.8 Å². The molecule has 0 N–H and O–H groups in total. The second kappa shape index (κ2) is 7.81. The van der Waals surface area contributed by atoms with Crippen LogP contribution in [0.5, 0.6) is 0 Å². The molecule has 1 saturated heterocycles. The van der Waals surface area contributed by atoms with Crippen molar-refractivity contribution in [2.24, 2.45) is 0 Å². The third-order valence-corrected chi connectivity index (χ3v) is 5.26. The van der Waals surface area contributed by atoms with E-state index in [4.69, 9.17) is 4.74 Å². The van der Waals surface area contributed by atoms with E-state index in [1.807, 2.05) is 29.2 Å². The molecule has 0 radical (unpaired) electrons. The van der Waals surface area contributed by atoms with Crippen LogP contribution in [0.4, 0.5) is 0 Å². The van der Waals surface area contributed by atoms with E-state index in [-0.39, 0.29) is 24.7 Å². The van der Waals surface area contributed by atoms with Crippen molar-refractivity contribution in [3.8, 4) is 0 Å². The number of halogens is 2. The molecule has 24 heavy (non-hydrogen) atoms. The summed E-state index contributed by atoms with van der Waals surface area (Å²) in [7, 11) is 0. The fourth-order valence-electron chi connectivity index (χ4n) is 3.10. The van der Waals surface area contributed by atoms with Crippen LogP contribution >= 0.6 is 31.9 Å². The molecule has 2 aromatic rings. The van der Waals surface area contributed by atoms with E-state index in [0.717, 1.165) is 33.0 Å². The zero-order valence-electron chi connectivity index (χ0n) is 13.4. The van der Waals surface area contributed by atoms with Crippen LogP contribution in [-0.2, 0) is 9.53 Å². The Kier molecular flexibility index (Phi) is 5.74. The minimum absolute atomic E-state index is 0.0538. The monoisotopic (exact) mass is 451 g/mol. The summed E-state index contributed by atoms with van der Waals surface area (Å²) in [6.07, 6.45) is 0.759. The molecule has 2 aromatic carbocycles. The van der Waals surface area contributed by atoms with Gasteiger partial charge in [0.2, 0.25) is 5.91 Å². The van der Waals surface area contributed by atoms with Gasteiger partial charge in [0, 0.05) is 15.5 Å². The number of ether oxygens (including phenoxy) is 1. The summed E-state index contributed by atoms with van der Waals surface area (Å²) >= 11 is 6.95. The number of hydrogen-bond acceptors (Lipinski definition) is 2. The Labute approximate surface area is 159 Å². The number of benzene rings is 2. The predicted molar refractivity (Wildman–Crippen MR) is 102 cm³/mol. The molecular formula is C19H19Br2NO2. The average molecular weight is 453 g/mol. The van der Waals surface area contributed by atoms with Crippen LogP contribution in [0.1, 0.15) is 36.6 Å². The van der Waals surface area contributed by atoms with E-state index in [2.05, 4.69) is 63.0 Å². The van der Waals surface area contributed by atoms with Crippen molar-refractivity contribution in [2.75, 3.05) is 13.2 Å². The van der Waals surface area contributed by atoms with Gasteiger partial charge in [0.25, 0.3) is 0 Å². The lowest BCUT2D eigenvalue weighted by Gasteiger charge is -2.41. The van der Waals surface area contributed by atoms with Crippen LogP contribution in [0, 0.1) is 0 Å². The SMILES string of the molecule is CCCN1C(=O)CO[C@H](c2ccc(Br)cc2)[C@@H]1c1ccc(Br)cc1. The van der Waals surface area contributed by atoms with E-state index in [0.29, 0.717) is 0 Å². The fraction of sp³-hybridized carbons (Fsp3) is 0.316. The Hall–Kier alpha value is -1.17. The van der Waals surface area contributed by atoms with Gasteiger partial charge >= 0.3 is 0 Å². The third kappa shape index (κ3) is 3.73. The number of hydrogen-bond donors (Lipinski definition) is 0. The van der Waals surface area contributed by atoms with Gasteiger partial charge in [0.15, 0.2) is 0 Å². The maximum atomic E-state index is 12.5. The van der Waals surface area contributed by atoms with Crippen molar-refractivity contribution in [1.82, 2.24) is 4.90 Å². The minimum Gasteiger partial charge on any atom is -0.361 e. The number of amides is 1. The second-order valence-electron chi connectivity index (χ2n) is 5.87. The first-order valence-corrected chi connectivity index (χ1v) is 9.60. The van der Waals surface area contributed by atoms with Gasteiger partial charge in [0.05, 0.1) is 6.04 Å². The minimum atomic E-state index is -0.163. The summed E-state index contributed by atoms with van der Waals surface area (Å²) in [5.74, 6) is 0.0538. The summed E-state index contributed by atoms with van der Waals surface area (Å²) in [5, 5.41) is 0. The number of nitrogens with zero attached hydrogens (tertiary/aromatic N) is 1. The highest BCUT2D eigenvalue weighted by Crippen LogP contribution is 2.40. The van der Waals surface area contributed by atoms with E-state index < -0.39 is 0 Å². The highest BCUT2D eigenvalue weighted by molar-refractivity contribution is 9.10. The average Bonchev–Trinajstić information content (AvgIpc) is 2.58. The second-order valence-corrected chi connectivity index (χ2v) is 7.70. The Bertz CT molecular complexity index is 700. The molecule has 1 amide bonds. The molecule has 3 nitrogen and oxygen atoms in total. The van der Waals surface area contributed by atoms with Gasteiger partial charge < -0.3 is 9.64 Å². The van der Waals surface area contributed by atoms with Crippen LogP contribution in [0.25, 0.3) is 0 Å². The van der Waals surface area contributed by atoms with Gasteiger partial charge in [-0.1, -0.05) is 63.0 Å². The quantitative estimate of drug-likeness (QED) is 0.632. The van der Waals surface area contributed by atoms with Crippen LogP contribution < -0.4 is 0 Å². The molecule has 126 valence electrons. The van der Waals surface area contributed by atoms with E-state index >= 15 is 0 Å². The predicted octanol–water partition coefficient (Wildman–Crippen LogP) is 5.26. The number of rotatable bonds is 4. The molecule has 5 heteroatoms. The third-order valence-electron chi connectivity index (χ3n) is 4.20. The highest BCUT2D eigenvalue weighted by Gasteiger charge is 2.38. The number of carbonyl (C=O) groups excluding carboxylic acids is 1. The molecular weight excluding hydrogens is 434 g/mol. The van der Waals surface area contributed by atoms with E-state index in [9.17, 15) is 4.79 Å². The molecule has 1 fully saturated rings. The van der Waals surface area contributed by atoms with Crippen LogP contribution in [0.2, 0.25) is 0 Å². The lowest BCUT2D eigenvalue weighted by Crippen LogP contribution is -2.45. The van der Waals surface area contributed by atoms with Crippen molar-refractivity contribution < 1.29 is 9.53 Å². The van der Waals surface area contributed by atoms with Gasteiger partial charge in [-0.3, -0.25) is 4.79 Å². The number of carbonyl (C=O) groups is 1. The van der Waals surface area contributed by atoms with E-state index in [1.54, 1.807) is 0 Å². The van der Waals surface area contributed by atoms with Crippen LogP contribution in [-0.4, -0.2) is 24.0 Å². The molecule has 0 unspecified atom stereocenters. The summed E-state index contributed by atoms with van der Waals surface area (Å²) in [5.41, 5.74) is 2.17. The molecule has 1 heterocycles. The Balaban J connectivity index is 2.02. The molecule has 0 aromatic heterocycles. The van der Waals surface area contributed by atoms with Crippen molar-refractivity contribution in [3.63, 3.8) is 0 Å². The smallest absolute Gasteiger partial charge is 0.249 e. The molecule has 3 rings (SSSR count). The van der Waals surface area contributed by atoms with Crippen molar-refractivity contribution in [3.05, 3.63) is 68.6 Å². The lowest BCUT2D eigenvalue weighted by molar-refractivity contribution is -0.158. The summed E-state index contributed by atoms with van der Waals surface area (Å²) < 4.78 is 8.03. The Morgan fingerprint density at radius 3 is 2.08 bits per heavy atom. The molecule has 1 aliphatic rings. The fourth-order valence-corrected chi connectivity index (χ4v) is 3.63. The van der Waals surface area contributed by atoms with Crippen molar-refractivity contribution in [2.45, 2.75) is 25.5 Å². The molecule has 2 atom stereocenters. The maximum Gasteiger partial charge on any atom is 0.249 e. The van der Waals surface area contributed by atoms with Gasteiger partial charge in [-0.2, -0.15) is 0 Å². The highest BCUT2D eigenvalue weighted by atomic mass is 79.9. The molecule has 0 spiro atoms. The van der Waals surface area contributed by atoms with Crippen molar-refractivity contribution >= 4 is 37.8 Å². The molecule has 0 saturated carbocycles. The maximum absolute atomic E-state index is 12.5. The Morgan fingerprint density at radius 1 is 1.00 bits per heavy atom. The zero-order chi connectivity index (χ0) is 17.1. The van der Waals surface area contributed by atoms with Gasteiger partial charge in [-0.15, -0.1) is 0 Å². The number of morpholine rings is 1. The Morgan fingerprint density at radius 2 is 1.54 bits per heavy atom. The van der Waals surface area contributed by atoms with Crippen LogP contribution in [0.15, 0.2) is 57.5 Å². The summed E-state index contributed by atoms with van der Waals surface area (Å²) in [4.78, 5) is 14.4. The largest absolute Gasteiger partial charge is 0.361 e. The normalized spacial score (nSPS) is 21.1. The lowest BCUT2D eigenvalue weighted by atomic mass is 9.92. The molecule has 1 aliphatic heterocycles. The van der Waals surface area contributed by atoms with E-state index in [1.165, 1.54) is 0 Å². The topological polar surface area (TPSA) is 29.5 Å². The molecule has 0 bridgehead atoms. The van der Waals surface area contributed by atoms with Gasteiger partial charge in [0.1, 0.15) is 12.7 Å². The standard InChI is InChI=1S/C19H19Br2NO2/c1-2-11-22-17(23)12-24-19(14-5-9-16(21)10-6-14)18(22)13-3-7-15(20)8-4-13/h3-10,18-19H,2,11-12H2,1H3/t18-,19+/m0/s1. The van der Waals surface area contributed by atoms with Crippen molar-refractivity contribution in [1.29, 1.82) is 0 Å². The first kappa shape index (κ1) is 17.6. The first-order valence-electron chi connectivity index (χ1n) is 8.02. The van der Waals surface area contributed by atoms with Gasteiger partial charge in [-0.25, -0.2) is 0 Å². The summed E-state index contributed by atoms with van der Waals surface area (Å²) in [6.45, 7) is 2.96. The first-order chi connectivity index (χ1) is 11.6. The zero-order valence-corrected chi connectivity index (χ0v) is 16.6.